The van der Waals surface area contributed by atoms with Crippen LogP contribution in [0.1, 0.15) is 6.42 Å². The third-order valence-electron chi connectivity index (χ3n) is 1.63. The van der Waals surface area contributed by atoms with E-state index >= 15 is 0 Å². The van der Waals surface area contributed by atoms with Crippen molar-refractivity contribution in [2.24, 2.45) is 0 Å². The molecule has 0 aromatic carbocycles. The lowest BCUT2D eigenvalue weighted by Crippen LogP contribution is -2.33. The van der Waals surface area contributed by atoms with E-state index in [1.54, 1.807) is 0 Å². The zero-order chi connectivity index (χ0) is 10.9. The number of hydrogen-bond acceptors (Lipinski definition) is 4. The first-order valence-electron chi connectivity index (χ1n) is 3.42. The van der Waals surface area contributed by atoms with Gasteiger partial charge in [-0.2, -0.15) is 0 Å². The molecule has 0 saturated carbocycles. The Morgan fingerprint density at radius 3 is 2.50 bits per heavy atom. The second kappa shape index (κ2) is 3.33. The standard InChI is InChI=1S/C6H4ClFN2O4/c7-6(10(13)14)2-4(8)1-5(3-6)9(11)12/h1-2H,3H2. The highest BCUT2D eigenvalue weighted by atomic mass is 35.5. The number of hydrogen-bond donors (Lipinski definition) is 0. The molecule has 0 radical (unpaired) electrons. The molecule has 0 spiro atoms. The van der Waals surface area contributed by atoms with Crippen LogP contribution in [0, 0.1) is 20.2 Å². The van der Waals surface area contributed by atoms with E-state index in [0.29, 0.717) is 12.2 Å². The summed E-state index contributed by atoms with van der Waals surface area (Å²) < 4.78 is 12.7. The summed E-state index contributed by atoms with van der Waals surface area (Å²) >= 11 is 5.38. The van der Waals surface area contributed by atoms with E-state index in [-0.39, 0.29) is 0 Å². The lowest BCUT2D eigenvalue weighted by Gasteiger charge is -2.15. The van der Waals surface area contributed by atoms with Gasteiger partial charge in [0.15, 0.2) is 0 Å². The molecule has 0 heterocycles. The molecule has 1 aliphatic carbocycles. The van der Waals surface area contributed by atoms with Crippen LogP contribution in [0.25, 0.3) is 0 Å². The molecular weight excluding hydrogens is 219 g/mol. The van der Waals surface area contributed by atoms with Crippen molar-refractivity contribution < 1.29 is 14.2 Å². The minimum Gasteiger partial charge on any atom is -0.262 e. The molecule has 1 unspecified atom stereocenters. The van der Waals surface area contributed by atoms with E-state index in [1.807, 2.05) is 0 Å². The Morgan fingerprint density at radius 2 is 2.07 bits per heavy atom. The van der Waals surface area contributed by atoms with Crippen LogP contribution < -0.4 is 0 Å². The van der Waals surface area contributed by atoms with E-state index < -0.39 is 32.8 Å². The van der Waals surface area contributed by atoms with Crippen molar-refractivity contribution in [2.75, 3.05) is 0 Å². The van der Waals surface area contributed by atoms with Gasteiger partial charge in [0.2, 0.25) is 0 Å². The molecule has 1 rings (SSSR count). The maximum absolute atomic E-state index is 12.7. The Bertz CT molecular complexity index is 367. The van der Waals surface area contributed by atoms with Crippen LogP contribution in [0.4, 0.5) is 4.39 Å². The third kappa shape index (κ3) is 1.87. The Hall–Kier alpha value is -1.50. The van der Waals surface area contributed by atoms with Crippen LogP contribution in [0.3, 0.4) is 0 Å². The highest BCUT2D eigenvalue weighted by Crippen LogP contribution is 2.33. The van der Waals surface area contributed by atoms with E-state index in [1.165, 1.54) is 0 Å². The first-order valence-corrected chi connectivity index (χ1v) is 3.80. The van der Waals surface area contributed by atoms with Gasteiger partial charge in [0, 0.05) is 17.1 Å². The van der Waals surface area contributed by atoms with Crippen molar-refractivity contribution >= 4 is 11.6 Å². The molecule has 6 nitrogen and oxygen atoms in total. The van der Waals surface area contributed by atoms with Crippen molar-refractivity contribution in [1.29, 1.82) is 0 Å². The van der Waals surface area contributed by atoms with Gasteiger partial charge in [0.1, 0.15) is 12.2 Å². The highest BCUT2D eigenvalue weighted by Gasteiger charge is 2.45. The number of allylic oxidation sites excluding steroid dienone is 2. The molecule has 0 fully saturated rings. The van der Waals surface area contributed by atoms with Gasteiger partial charge >= 0.3 is 5.00 Å². The molecule has 1 aliphatic rings. The van der Waals surface area contributed by atoms with Crippen molar-refractivity contribution in [2.45, 2.75) is 11.4 Å². The first-order chi connectivity index (χ1) is 6.35. The largest absolute Gasteiger partial charge is 0.326 e. The lowest BCUT2D eigenvalue weighted by atomic mass is 10.1. The number of nitro groups is 2. The van der Waals surface area contributed by atoms with Crippen LogP contribution in [0.15, 0.2) is 23.7 Å². The molecule has 0 aromatic rings. The summed E-state index contributed by atoms with van der Waals surface area (Å²) in [5.41, 5.74) is -0.614. The Balaban J connectivity index is 3.08. The lowest BCUT2D eigenvalue weighted by molar-refractivity contribution is -0.535. The first kappa shape index (κ1) is 10.6. The van der Waals surface area contributed by atoms with E-state index in [2.05, 4.69) is 0 Å². The van der Waals surface area contributed by atoms with E-state index in [9.17, 15) is 24.6 Å². The Labute approximate surface area is 82.0 Å². The average Bonchev–Trinajstić information content (AvgIpc) is 2.02. The molecule has 0 aliphatic heterocycles. The van der Waals surface area contributed by atoms with Crippen molar-refractivity contribution in [3.8, 4) is 0 Å². The van der Waals surface area contributed by atoms with Crippen molar-refractivity contribution in [3.63, 3.8) is 0 Å². The van der Waals surface area contributed by atoms with Crippen LogP contribution in [-0.4, -0.2) is 14.8 Å². The predicted molar refractivity (Wildman–Crippen MR) is 44.5 cm³/mol. The summed E-state index contributed by atoms with van der Waals surface area (Å²) in [7, 11) is 0. The van der Waals surface area contributed by atoms with Crippen LogP contribution in [-0.2, 0) is 0 Å². The minimum absolute atomic E-state index is 0.543. The SMILES string of the molecule is O=[N+]([O-])C1=CC(F)=CC(Cl)([N+](=O)[O-])C1. The molecule has 0 saturated heterocycles. The van der Waals surface area contributed by atoms with Gasteiger partial charge in [-0.1, -0.05) is 0 Å². The number of rotatable bonds is 2. The van der Waals surface area contributed by atoms with E-state index in [4.69, 9.17) is 11.6 Å². The Kier molecular flexibility index (Phi) is 2.52. The molecule has 0 amide bonds. The molecule has 1 atom stereocenters. The predicted octanol–water partition coefficient (Wildman–Crippen LogP) is 1.62. The molecular formula is C6H4ClFN2O4. The summed E-state index contributed by atoms with van der Waals surface area (Å²) in [4.78, 5) is 16.6. The van der Waals surface area contributed by atoms with Crippen molar-refractivity contribution in [1.82, 2.24) is 0 Å². The molecule has 0 aromatic heterocycles. The fourth-order valence-corrected chi connectivity index (χ4v) is 1.24. The summed E-state index contributed by atoms with van der Waals surface area (Å²) in [6, 6.07) is 0. The third-order valence-corrected chi connectivity index (χ3v) is 2.01. The zero-order valence-corrected chi connectivity index (χ0v) is 7.40. The molecule has 8 heteroatoms. The van der Waals surface area contributed by atoms with Gasteiger partial charge in [-0.3, -0.25) is 20.2 Å². The molecule has 0 bridgehead atoms. The van der Waals surface area contributed by atoms with Crippen LogP contribution >= 0.6 is 11.6 Å². The monoisotopic (exact) mass is 222 g/mol. The minimum atomic E-state index is -2.25. The van der Waals surface area contributed by atoms with Gasteiger partial charge in [-0.05, 0) is 11.6 Å². The fourth-order valence-electron chi connectivity index (χ4n) is 1.00. The maximum atomic E-state index is 12.7. The maximum Gasteiger partial charge on any atom is 0.326 e. The van der Waals surface area contributed by atoms with Gasteiger partial charge < -0.3 is 0 Å². The normalized spacial score (nSPS) is 26.4. The summed E-state index contributed by atoms with van der Waals surface area (Å²) in [5, 5.41) is 20.7. The zero-order valence-electron chi connectivity index (χ0n) is 6.65. The number of nitrogens with zero attached hydrogens (tertiary/aromatic N) is 2. The smallest absolute Gasteiger partial charge is 0.262 e. The fraction of sp³-hybridized carbons (Fsp3) is 0.333. The number of halogens is 2. The molecule has 76 valence electrons. The Morgan fingerprint density at radius 1 is 1.50 bits per heavy atom. The van der Waals surface area contributed by atoms with Crippen LogP contribution in [0.5, 0.6) is 0 Å². The van der Waals surface area contributed by atoms with Gasteiger partial charge in [-0.15, -0.1) is 0 Å². The summed E-state index contributed by atoms with van der Waals surface area (Å²) in [6.45, 7) is 0. The summed E-state index contributed by atoms with van der Waals surface area (Å²) in [6.07, 6.45) is 0.521. The van der Waals surface area contributed by atoms with E-state index in [0.717, 1.165) is 0 Å². The van der Waals surface area contributed by atoms with Crippen molar-refractivity contribution in [3.05, 3.63) is 43.9 Å². The molecule has 0 N–H and O–H groups in total. The average molecular weight is 223 g/mol. The van der Waals surface area contributed by atoms with Gasteiger partial charge in [0.25, 0.3) is 5.70 Å². The van der Waals surface area contributed by atoms with Crippen LogP contribution in [0.2, 0.25) is 0 Å². The van der Waals surface area contributed by atoms with Gasteiger partial charge in [-0.25, -0.2) is 4.39 Å². The second-order valence-corrected chi connectivity index (χ2v) is 3.33. The topological polar surface area (TPSA) is 86.3 Å². The highest BCUT2D eigenvalue weighted by molar-refractivity contribution is 6.24. The van der Waals surface area contributed by atoms with Gasteiger partial charge in [0.05, 0.1) is 4.92 Å². The second-order valence-electron chi connectivity index (χ2n) is 2.67. The summed E-state index contributed by atoms with van der Waals surface area (Å²) in [5.74, 6) is -1.07. The number of alkyl halides is 1. The molecule has 14 heavy (non-hydrogen) atoms. The quantitative estimate of drug-likeness (QED) is 0.307.